The van der Waals surface area contributed by atoms with Crippen molar-refractivity contribution < 1.29 is 18.7 Å². The van der Waals surface area contributed by atoms with Gasteiger partial charge in [0.15, 0.2) is 5.69 Å². The van der Waals surface area contributed by atoms with E-state index in [0.717, 1.165) is 0 Å². The molecule has 132 valence electrons. The summed E-state index contributed by atoms with van der Waals surface area (Å²) in [5.41, 5.74) is 0.810. The Morgan fingerprint density at radius 1 is 1.28 bits per heavy atom. The molecule has 1 N–H and O–H groups in total. The fourth-order valence-electron chi connectivity index (χ4n) is 2.80. The first-order valence-corrected chi connectivity index (χ1v) is 8.02. The molecular formula is C17H19FN4O3. The molecule has 1 fully saturated rings. The van der Waals surface area contributed by atoms with Gasteiger partial charge in [-0.3, -0.25) is 4.79 Å². The largest absolute Gasteiger partial charge is 0.453 e. The smallest absolute Gasteiger partial charge is 0.409 e. The number of carbonyl (C=O) groups excluding carboxylic acids is 2. The van der Waals surface area contributed by atoms with Gasteiger partial charge in [-0.25, -0.2) is 13.9 Å². The Balaban J connectivity index is 1.59. The number of benzene rings is 1. The number of hydrogen-bond acceptors (Lipinski definition) is 4. The third-order valence-electron chi connectivity index (χ3n) is 4.16. The third-order valence-corrected chi connectivity index (χ3v) is 4.16. The van der Waals surface area contributed by atoms with E-state index in [-0.39, 0.29) is 29.6 Å². The topological polar surface area (TPSA) is 76.5 Å². The molecule has 0 atom stereocenters. The van der Waals surface area contributed by atoms with Crippen LogP contribution in [0.5, 0.6) is 0 Å². The minimum Gasteiger partial charge on any atom is -0.453 e. The van der Waals surface area contributed by atoms with Crippen LogP contribution in [0.25, 0.3) is 5.69 Å². The number of ether oxygens (including phenoxy) is 1. The van der Waals surface area contributed by atoms with Crippen LogP contribution in [0.2, 0.25) is 0 Å². The maximum Gasteiger partial charge on any atom is 0.409 e. The van der Waals surface area contributed by atoms with Crippen LogP contribution >= 0.6 is 0 Å². The number of carbonyl (C=O) groups is 2. The van der Waals surface area contributed by atoms with Gasteiger partial charge in [-0.05, 0) is 37.1 Å². The average Bonchev–Trinajstić information content (AvgIpc) is 3.12. The summed E-state index contributed by atoms with van der Waals surface area (Å²) in [6.07, 6.45) is 2.58. The van der Waals surface area contributed by atoms with Crippen LogP contribution < -0.4 is 5.32 Å². The van der Waals surface area contributed by atoms with E-state index in [2.05, 4.69) is 15.2 Å². The number of hydrogen-bond donors (Lipinski definition) is 1. The summed E-state index contributed by atoms with van der Waals surface area (Å²) in [6.45, 7) is 1.07. The van der Waals surface area contributed by atoms with Gasteiger partial charge >= 0.3 is 6.09 Å². The first-order valence-electron chi connectivity index (χ1n) is 8.02. The first-order chi connectivity index (χ1) is 12.1. The van der Waals surface area contributed by atoms with Gasteiger partial charge < -0.3 is 15.0 Å². The molecule has 2 heterocycles. The van der Waals surface area contributed by atoms with E-state index < -0.39 is 0 Å². The van der Waals surface area contributed by atoms with Crippen LogP contribution in [0, 0.1) is 5.82 Å². The highest BCUT2D eigenvalue weighted by atomic mass is 19.1. The molecule has 1 aromatic carbocycles. The van der Waals surface area contributed by atoms with Crippen molar-refractivity contribution in [2.24, 2.45) is 0 Å². The number of piperidine rings is 1. The van der Waals surface area contributed by atoms with Gasteiger partial charge in [0.25, 0.3) is 5.91 Å². The molecule has 0 unspecified atom stereocenters. The standard InChI is InChI=1S/C17H19FN4O3/c1-25-17(24)21-8-5-13(6-9-21)19-16(23)15-7-10-22(20-15)14-4-2-3-12(18)11-14/h2-4,7,10-11,13H,5-6,8-9H2,1H3,(H,19,23). The lowest BCUT2D eigenvalue weighted by atomic mass is 10.1. The van der Waals surface area contributed by atoms with Gasteiger partial charge in [-0.15, -0.1) is 0 Å². The van der Waals surface area contributed by atoms with Crippen molar-refractivity contribution in [2.75, 3.05) is 20.2 Å². The number of nitrogens with zero attached hydrogens (tertiary/aromatic N) is 3. The van der Waals surface area contributed by atoms with Crippen LogP contribution in [0.4, 0.5) is 9.18 Å². The Morgan fingerprint density at radius 2 is 2.04 bits per heavy atom. The molecule has 1 aliphatic heterocycles. The number of rotatable bonds is 3. The van der Waals surface area contributed by atoms with Crippen molar-refractivity contribution in [1.29, 1.82) is 0 Å². The van der Waals surface area contributed by atoms with E-state index >= 15 is 0 Å². The van der Waals surface area contributed by atoms with Crippen LogP contribution in [-0.4, -0.2) is 52.9 Å². The summed E-state index contributed by atoms with van der Waals surface area (Å²) in [5, 5.41) is 7.12. The fraction of sp³-hybridized carbons (Fsp3) is 0.353. The van der Waals surface area contributed by atoms with Crippen LogP contribution in [0.1, 0.15) is 23.3 Å². The Morgan fingerprint density at radius 3 is 2.72 bits per heavy atom. The summed E-state index contributed by atoms with van der Waals surface area (Å²) >= 11 is 0. The molecule has 7 nitrogen and oxygen atoms in total. The van der Waals surface area contributed by atoms with E-state index in [4.69, 9.17) is 0 Å². The van der Waals surface area contributed by atoms with E-state index in [9.17, 15) is 14.0 Å². The highest BCUT2D eigenvalue weighted by molar-refractivity contribution is 5.92. The van der Waals surface area contributed by atoms with Crippen LogP contribution in [-0.2, 0) is 4.74 Å². The molecule has 25 heavy (non-hydrogen) atoms. The van der Waals surface area contributed by atoms with E-state index in [1.165, 1.54) is 23.9 Å². The molecule has 3 rings (SSSR count). The molecule has 1 aromatic heterocycles. The maximum atomic E-state index is 13.3. The van der Waals surface area contributed by atoms with E-state index in [0.29, 0.717) is 31.6 Å². The summed E-state index contributed by atoms with van der Waals surface area (Å²) < 4.78 is 19.4. The SMILES string of the molecule is COC(=O)N1CCC(NC(=O)c2ccn(-c3cccc(F)c3)n2)CC1. The van der Waals surface area contributed by atoms with Gasteiger partial charge in [0.05, 0.1) is 12.8 Å². The molecule has 0 spiro atoms. The number of aromatic nitrogens is 2. The number of methoxy groups -OCH3 is 1. The summed E-state index contributed by atoms with van der Waals surface area (Å²) in [6, 6.07) is 7.55. The minimum atomic E-state index is -0.364. The molecule has 2 aromatic rings. The lowest BCUT2D eigenvalue weighted by Crippen LogP contribution is -2.46. The Bertz CT molecular complexity index is 769. The maximum absolute atomic E-state index is 13.3. The molecule has 8 heteroatoms. The normalized spacial score (nSPS) is 15.0. The lowest BCUT2D eigenvalue weighted by molar-refractivity contribution is 0.0887. The van der Waals surface area contributed by atoms with Gasteiger partial charge in [-0.2, -0.15) is 5.10 Å². The van der Waals surface area contributed by atoms with Crippen molar-refractivity contribution >= 4 is 12.0 Å². The second-order valence-corrected chi connectivity index (χ2v) is 5.83. The second-order valence-electron chi connectivity index (χ2n) is 5.83. The summed E-state index contributed by atoms with van der Waals surface area (Å²) in [7, 11) is 1.35. The zero-order valence-electron chi connectivity index (χ0n) is 13.8. The third kappa shape index (κ3) is 3.96. The highest BCUT2D eigenvalue weighted by Crippen LogP contribution is 2.13. The lowest BCUT2D eigenvalue weighted by Gasteiger charge is -2.31. The molecular weight excluding hydrogens is 327 g/mol. The van der Waals surface area contributed by atoms with Crippen molar-refractivity contribution in [1.82, 2.24) is 20.0 Å². The number of likely N-dealkylation sites (tertiary alicyclic amines) is 1. The van der Waals surface area contributed by atoms with Crippen molar-refractivity contribution in [3.05, 3.63) is 48.0 Å². The highest BCUT2D eigenvalue weighted by Gasteiger charge is 2.25. The fourth-order valence-corrected chi connectivity index (χ4v) is 2.80. The van der Waals surface area contributed by atoms with Gasteiger partial charge in [0.1, 0.15) is 5.82 Å². The van der Waals surface area contributed by atoms with Gasteiger partial charge in [0.2, 0.25) is 0 Å². The molecule has 0 saturated carbocycles. The quantitative estimate of drug-likeness (QED) is 0.922. The first kappa shape index (κ1) is 16.9. The summed E-state index contributed by atoms with van der Waals surface area (Å²) in [5.74, 6) is -0.650. The monoisotopic (exact) mass is 346 g/mol. The van der Waals surface area contributed by atoms with Gasteiger partial charge in [0, 0.05) is 25.3 Å². The molecule has 2 amide bonds. The number of amides is 2. The van der Waals surface area contributed by atoms with E-state index in [1.54, 1.807) is 29.3 Å². The second kappa shape index (κ2) is 7.33. The zero-order valence-corrected chi connectivity index (χ0v) is 13.8. The average molecular weight is 346 g/mol. The minimum absolute atomic E-state index is 0.0206. The molecule has 0 aliphatic carbocycles. The van der Waals surface area contributed by atoms with Crippen molar-refractivity contribution in [2.45, 2.75) is 18.9 Å². The molecule has 0 bridgehead atoms. The zero-order chi connectivity index (χ0) is 17.8. The number of halogens is 1. The van der Waals surface area contributed by atoms with E-state index in [1.807, 2.05) is 0 Å². The van der Waals surface area contributed by atoms with Crippen LogP contribution in [0.15, 0.2) is 36.5 Å². The predicted octanol–water partition coefficient (Wildman–Crippen LogP) is 1.97. The van der Waals surface area contributed by atoms with Crippen molar-refractivity contribution in [3.8, 4) is 5.69 Å². The number of nitrogens with one attached hydrogen (secondary N) is 1. The Labute approximate surface area is 144 Å². The molecule has 1 aliphatic rings. The van der Waals surface area contributed by atoms with Crippen LogP contribution in [0.3, 0.4) is 0 Å². The predicted molar refractivity (Wildman–Crippen MR) is 88.0 cm³/mol. The molecule has 1 saturated heterocycles. The summed E-state index contributed by atoms with van der Waals surface area (Å²) in [4.78, 5) is 25.4. The Kier molecular flexibility index (Phi) is 4.97. The molecule has 0 radical (unpaired) electrons. The van der Waals surface area contributed by atoms with Crippen molar-refractivity contribution in [3.63, 3.8) is 0 Å². The Hall–Kier alpha value is -2.90. The van der Waals surface area contributed by atoms with Gasteiger partial charge in [-0.1, -0.05) is 6.07 Å².